The van der Waals surface area contributed by atoms with Gasteiger partial charge in [0.25, 0.3) is 0 Å². The van der Waals surface area contributed by atoms with Crippen LogP contribution in [-0.2, 0) is 14.3 Å². The number of esters is 1. The lowest BCUT2D eigenvalue weighted by atomic mass is 9.68. The number of hydrogen-bond acceptors (Lipinski definition) is 5. The Morgan fingerprint density at radius 1 is 1.39 bits per heavy atom. The van der Waals surface area contributed by atoms with Gasteiger partial charge in [0.05, 0.1) is 7.11 Å². The van der Waals surface area contributed by atoms with Gasteiger partial charge in [0.15, 0.2) is 0 Å². The predicted molar refractivity (Wildman–Crippen MR) is 65.9 cm³/mol. The van der Waals surface area contributed by atoms with Crippen molar-refractivity contribution in [2.24, 2.45) is 11.7 Å². The van der Waals surface area contributed by atoms with E-state index in [0.29, 0.717) is 19.4 Å². The van der Waals surface area contributed by atoms with E-state index in [9.17, 15) is 9.59 Å². The second kappa shape index (κ2) is 5.14. The van der Waals surface area contributed by atoms with E-state index in [2.05, 4.69) is 5.32 Å². The van der Waals surface area contributed by atoms with Crippen LogP contribution < -0.4 is 11.1 Å². The Hall–Kier alpha value is -1.30. The molecular formula is C12H22N2O4. The maximum Gasteiger partial charge on any atom is 0.408 e. The largest absolute Gasteiger partial charge is 0.467 e. The summed E-state index contributed by atoms with van der Waals surface area (Å²) >= 11 is 0. The Balaban J connectivity index is 2.65. The van der Waals surface area contributed by atoms with Crippen LogP contribution in [0.2, 0.25) is 0 Å². The zero-order valence-corrected chi connectivity index (χ0v) is 11.4. The number of nitrogens with one attached hydrogen (secondary N) is 1. The first kappa shape index (κ1) is 14.8. The van der Waals surface area contributed by atoms with E-state index >= 15 is 0 Å². The van der Waals surface area contributed by atoms with Crippen LogP contribution in [0.25, 0.3) is 0 Å². The number of methoxy groups -OCH3 is 1. The maximum atomic E-state index is 11.7. The molecule has 0 saturated heterocycles. The summed E-state index contributed by atoms with van der Waals surface area (Å²) in [6.45, 7) is 5.79. The normalized spacial score (nSPS) is 27.1. The third-order valence-corrected chi connectivity index (χ3v) is 2.92. The van der Waals surface area contributed by atoms with Gasteiger partial charge in [-0.3, -0.25) is 0 Å². The molecule has 0 radical (unpaired) electrons. The molecular weight excluding hydrogens is 236 g/mol. The Kier molecular flexibility index (Phi) is 4.21. The monoisotopic (exact) mass is 258 g/mol. The zero-order valence-electron chi connectivity index (χ0n) is 11.4. The summed E-state index contributed by atoms with van der Waals surface area (Å²) in [5.41, 5.74) is 3.96. The lowest BCUT2D eigenvalue weighted by molar-refractivity contribution is -0.154. The number of rotatable bonds is 3. The Bertz CT molecular complexity index is 329. The van der Waals surface area contributed by atoms with Crippen LogP contribution in [0.15, 0.2) is 0 Å². The molecule has 0 aromatic heterocycles. The van der Waals surface area contributed by atoms with Crippen LogP contribution in [0.3, 0.4) is 0 Å². The highest BCUT2D eigenvalue weighted by Gasteiger charge is 2.52. The molecule has 0 atom stereocenters. The van der Waals surface area contributed by atoms with Gasteiger partial charge < -0.3 is 20.5 Å². The van der Waals surface area contributed by atoms with E-state index in [-0.39, 0.29) is 5.92 Å². The number of nitrogens with two attached hydrogens (primary N) is 1. The summed E-state index contributed by atoms with van der Waals surface area (Å²) in [5, 5.41) is 2.61. The average molecular weight is 258 g/mol. The second-order valence-corrected chi connectivity index (χ2v) is 5.71. The van der Waals surface area contributed by atoms with Gasteiger partial charge in [-0.2, -0.15) is 0 Å². The molecule has 0 spiro atoms. The molecule has 0 heterocycles. The van der Waals surface area contributed by atoms with Crippen molar-refractivity contribution < 1.29 is 19.1 Å². The molecule has 1 rings (SSSR count). The molecule has 1 saturated carbocycles. The summed E-state index contributed by atoms with van der Waals surface area (Å²) < 4.78 is 9.87. The molecule has 0 unspecified atom stereocenters. The first-order valence-corrected chi connectivity index (χ1v) is 6.02. The van der Waals surface area contributed by atoms with E-state index in [1.54, 1.807) is 20.8 Å². The molecule has 0 aromatic carbocycles. The van der Waals surface area contributed by atoms with Gasteiger partial charge in [-0.25, -0.2) is 9.59 Å². The molecule has 0 aliphatic heterocycles. The Labute approximate surface area is 107 Å². The fraction of sp³-hybridized carbons (Fsp3) is 0.833. The smallest absolute Gasteiger partial charge is 0.408 e. The van der Waals surface area contributed by atoms with Gasteiger partial charge in [0.1, 0.15) is 11.1 Å². The van der Waals surface area contributed by atoms with Gasteiger partial charge in [-0.05, 0) is 46.1 Å². The van der Waals surface area contributed by atoms with Crippen LogP contribution in [0.1, 0.15) is 33.6 Å². The summed E-state index contributed by atoms with van der Waals surface area (Å²) in [6, 6.07) is 0. The number of alkyl carbamates (subject to hydrolysis) is 1. The quantitative estimate of drug-likeness (QED) is 0.730. The third-order valence-electron chi connectivity index (χ3n) is 2.92. The molecule has 1 aliphatic rings. The van der Waals surface area contributed by atoms with Crippen LogP contribution in [0.4, 0.5) is 4.79 Å². The first-order valence-electron chi connectivity index (χ1n) is 6.02. The number of carbonyl (C=O) groups is 2. The number of carbonyl (C=O) groups excluding carboxylic acids is 2. The van der Waals surface area contributed by atoms with Crippen LogP contribution in [0, 0.1) is 5.92 Å². The zero-order chi connectivity index (χ0) is 14.0. The minimum absolute atomic E-state index is 0.235. The highest BCUT2D eigenvalue weighted by Crippen LogP contribution is 2.38. The molecule has 6 nitrogen and oxygen atoms in total. The average Bonchev–Trinajstić information content (AvgIpc) is 2.18. The molecule has 1 aliphatic carbocycles. The maximum absolute atomic E-state index is 11.7. The SMILES string of the molecule is COC(=O)C1(NC(=O)OC(C)(C)C)CC(CN)C1. The van der Waals surface area contributed by atoms with E-state index in [4.69, 9.17) is 15.2 Å². The Morgan fingerprint density at radius 2 is 1.94 bits per heavy atom. The van der Waals surface area contributed by atoms with Gasteiger partial charge >= 0.3 is 12.1 Å². The minimum Gasteiger partial charge on any atom is -0.467 e. The van der Waals surface area contributed by atoms with Crippen molar-refractivity contribution in [3.05, 3.63) is 0 Å². The Morgan fingerprint density at radius 3 is 2.33 bits per heavy atom. The van der Waals surface area contributed by atoms with Crippen molar-refractivity contribution in [1.82, 2.24) is 5.32 Å². The van der Waals surface area contributed by atoms with Crippen molar-refractivity contribution in [3.8, 4) is 0 Å². The molecule has 18 heavy (non-hydrogen) atoms. The number of amides is 1. The van der Waals surface area contributed by atoms with Crippen LogP contribution in [0.5, 0.6) is 0 Å². The number of ether oxygens (including phenoxy) is 2. The molecule has 0 bridgehead atoms. The van der Waals surface area contributed by atoms with Crippen molar-refractivity contribution in [2.45, 2.75) is 44.8 Å². The van der Waals surface area contributed by atoms with Crippen molar-refractivity contribution in [1.29, 1.82) is 0 Å². The minimum atomic E-state index is -0.971. The van der Waals surface area contributed by atoms with E-state index < -0.39 is 23.2 Å². The van der Waals surface area contributed by atoms with Crippen LogP contribution in [-0.4, -0.2) is 36.9 Å². The fourth-order valence-corrected chi connectivity index (χ4v) is 2.11. The van der Waals surface area contributed by atoms with Gasteiger partial charge in [0.2, 0.25) is 0 Å². The standard InChI is InChI=1S/C12H22N2O4/c1-11(2,3)18-10(16)14-12(9(15)17-4)5-8(6-12)7-13/h8H,5-7,13H2,1-4H3,(H,14,16). The first-order chi connectivity index (χ1) is 8.22. The third kappa shape index (κ3) is 3.35. The van der Waals surface area contributed by atoms with Crippen LogP contribution >= 0.6 is 0 Å². The summed E-state index contributed by atoms with van der Waals surface area (Å²) in [5.74, 6) is -0.211. The van der Waals surface area contributed by atoms with E-state index in [0.717, 1.165) is 0 Å². The van der Waals surface area contributed by atoms with Crippen molar-refractivity contribution >= 4 is 12.1 Å². The molecule has 0 aromatic rings. The lowest BCUT2D eigenvalue weighted by Crippen LogP contribution is -2.64. The topological polar surface area (TPSA) is 90.6 Å². The van der Waals surface area contributed by atoms with Crippen molar-refractivity contribution in [2.75, 3.05) is 13.7 Å². The van der Waals surface area contributed by atoms with E-state index in [1.165, 1.54) is 7.11 Å². The predicted octanol–water partition coefficient (Wildman–Crippen LogP) is 0.792. The molecule has 1 amide bonds. The molecule has 3 N–H and O–H groups in total. The molecule has 6 heteroatoms. The molecule has 104 valence electrons. The number of hydrogen-bond donors (Lipinski definition) is 2. The van der Waals surface area contributed by atoms with Gasteiger partial charge in [0, 0.05) is 0 Å². The summed E-state index contributed by atoms with van der Waals surface area (Å²) in [7, 11) is 1.30. The highest BCUT2D eigenvalue weighted by atomic mass is 16.6. The lowest BCUT2D eigenvalue weighted by Gasteiger charge is -2.45. The fourth-order valence-electron chi connectivity index (χ4n) is 2.11. The summed E-state index contributed by atoms with van der Waals surface area (Å²) in [6.07, 6.45) is 0.383. The second-order valence-electron chi connectivity index (χ2n) is 5.71. The summed E-state index contributed by atoms with van der Waals surface area (Å²) in [4.78, 5) is 23.5. The highest BCUT2D eigenvalue weighted by molar-refractivity contribution is 5.87. The van der Waals surface area contributed by atoms with Gasteiger partial charge in [-0.1, -0.05) is 0 Å². The molecule has 1 fully saturated rings. The van der Waals surface area contributed by atoms with Crippen molar-refractivity contribution in [3.63, 3.8) is 0 Å². The van der Waals surface area contributed by atoms with E-state index in [1.807, 2.05) is 0 Å². The van der Waals surface area contributed by atoms with Gasteiger partial charge in [-0.15, -0.1) is 0 Å².